The first-order valence-corrected chi connectivity index (χ1v) is 6.17. The van der Waals surface area contributed by atoms with E-state index in [2.05, 4.69) is 0 Å². The van der Waals surface area contributed by atoms with Crippen molar-refractivity contribution in [2.24, 2.45) is 0 Å². The van der Waals surface area contributed by atoms with Gasteiger partial charge < -0.3 is 10.0 Å². The van der Waals surface area contributed by atoms with Crippen LogP contribution < -0.4 is 4.90 Å². The third-order valence-electron chi connectivity index (χ3n) is 3.13. The number of rotatable bonds is 3. The summed E-state index contributed by atoms with van der Waals surface area (Å²) in [6.07, 6.45) is 0. The molecule has 1 amide bonds. The van der Waals surface area contributed by atoms with Crippen LogP contribution in [0.2, 0.25) is 0 Å². The van der Waals surface area contributed by atoms with Crippen LogP contribution in [0, 0.1) is 6.92 Å². The number of aliphatic hydroxyl groups excluding tert-OH is 1. The number of amides is 1. The molecule has 2 aromatic rings. The number of para-hydroxylation sites is 1. The Labute approximate surface area is 113 Å². The van der Waals surface area contributed by atoms with Crippen molar-refractivity contribution in [1.82, 2.24) is 0 Å². The van der Waals surface area contributed by atoms with Gasteiger partial charge in [0.1, 0.15) is 0 Å². The topological polar surface area (TPSA) is 40.5 Å². The van der Waals surface area contributed by atoms with Gasteiger partial charge in [-0.15, -0.1) is 0 Å². The predicted octanol–water partition coefficient (Wildman–Crippen LogP) is 2.76. The molecule has 3 nitrogen and oxygen atoms in total. The first kappa shape index (κ1) is 13.3. The minimum absolute atomic E-state index is 0.0817. The number of anilines is 1. The number of hydrogen-bond acceptors (Lipinski definition) is 2. The third-order valence-corrected chi connectivity index (χ3v) is 3.13. The summed E-state index contributed by atoms with van der Waals surface area (Å²) in [5.41, 5.74) is 3.23. The van der Waals surface area contributed by atoms with Gasteiger partial charge in [0, 0.05) is 23.9 Å². The van der Waals surface area contributed by atoms with Gasteiger partial charge in [-0.1, -0.05) is 35.9 Å². The lowest BCUT2D eigenvalue weighted by Crippen LogP contribution is -2.27. The fourth-order valence-corrected chi connectivity index (χ4v) is 1.97. The number of nitrogens with zero attached hydrogens (tertiary/aromatic N) is 1. The van der Waals surface area contributed by atoms with E-state index in [1.807, 2.05) is 55.5 Å². The van der Waals surface area contributed by atoms with Gasteiger partial charge in [-0.25, -0.2) is 0 Å². The molecule has 0 aliphatic rings. The van der Waals surface area contributed by atoms with E-state index < -0.39 is 0 Å². The minimum atomic E-state index is -0.0825. The summed E-state index contributed by atoms with van der Waals surface area (Å²) in [5, 5.41) is 9.32. The van der Waals surface area contributed by atoms with Crippen LogP contribution in [0.1, 0.15) is 21.5 Å². The predicted molar refractivity (Wildman–Crippen MR) is 76.3 cm³/mol. The van der Waals surface area contributed by atoms with Crippen molar-refractivity contribution in [2.75, 3.05) is 11.9 Å². The van der Waals surface area contributed by atoms with Gasteiger partial charge >= 0.3 is 0 Å². The summed E-state index contributed by atoms with van der Waals surface area (Å²) in [5.74, 6) is -0.0825. The van der Waals surface area contributed by atoms with Crippen molar-refractivity contribution < 1.29 is 9.90 Å². The first-order chi connectivity index (χ1) is 9.13. The SMILES string of the molecule is Cc1ccc(C(=O)N(C)c2ccccc2CO)cc1. The average Bonchev–Trinajstić information content (AvgIpc) is 2.46. The van der Waals surface area contributed by atoms with Crippen LogP contribution in [0.25, 0.3) is 0 Å². The van der Waals surface area contributed by atoms with Crippen LogP contribution in [0.3, 0.4) is 0 Å². The number of carbonyl (C=O) groups is 1. The maximum absolute atomic E-state index is 12.4. The zero-order valence-electron chi connectivity index (χ0n) is 11.1. The maximum atomic E-state index is 12.4. The Balaban J connectivity index is 2.30. The molecule has 0 fully saturated rings. The van der Waals surface area contributed by atoms with Gasteiger partial charge in [-0.05, 0) is 25.1 Å². The second kappa shape index (κ2) is 5.67. The molecule has 0 radical (unpaired) electrons. The van der Waals surface area contributed by atoms with E-state index in [0.29, 0.717) is 5.56 Å². The summed E-state index contributed by atoms with van der Waals surface area (Å²) >= 11 is 0. The second-order valence-electron chi connectivity index (χ2n) is 4.52. The molecule has 0 bridgehead atoms. The fourth-order valence-electron chi connectivity index (χ4n) is 1.97. The van der Waals surface area contributed by atoms with Crippen LogP contribution in [-0.2, 0) is 6.61 Å². The van der Waals surface area contributed by atoms with E-state index in [4.69, 9.17) is 0 Å². The average molecular weight is 255 g/mol. The lowest BCUT2D eigenvalue weighted by atomic mass is 10.1. The Morgan fingerprint density at radius 1 is 1.11 bits per heavy atom. The molecule has 0 atom stereocenters. The van der Waals surface area contributed by atoms with Crippen molar-refractivity contribution >= 4 is 11.6 Å². The van der Waals surface area contributed by atoms with Crippen LogP contribution in [-0.4, -0.2) is 18.1 Å². The lowest BCUT2D eigenvalue weighted by Gasteiger charge is -2.20. The van der Waals surface area contributed by atoms with Crippen LogP contribution in [0.5, 0.6) is 0 Å². The third kappa shape index (κ3) is 2.83. The molecule has 2 rings (SSSR count). The highest BCUT2D eigenvalue weighted by Crippen LogP contribution is 2.21. The monoisotopic (exact) mass is 255 g/mol. The summed E-state index contributed by atoms with van der Waals surface area (Å²) in [6, 6.07) is 14.8. The van der Waals surface area contributed by atoms with E-state index in [9.17, 15) is 9.90 Å². The molecular weight excluding hydrogens is 238 g/mol. The van der Waals surface area contributed by atoms with Crippen molar-refractivity contribution in [1.29, 1.82) is 0 Å². The van der Waals surface area contributed by atoms with Crippen LogP contribution in [0.4, 0.5) is 5.69 Å². The van der Waals surface area contributed by atoms with E-state index in [1.165, 1.54) is 0 Å². The Hall–Kier alpha value is -2.13. The molecule has 2 aromatic carbocycles. The molecule has 0 spiro atoms. The Kier molecular flexibility index (Phi) is 3.97. The van der Waals surface area contributed by atoms with Crippen molar-refractivity contribution in [3.8, 4) is 0 Å². The molecular formula is C16H17NO2. The molecule has 0 heterocycles. The highest BCUT2D eigenvalue weighted by Gasteiger charge is 2.15. The van der Waals surface area contributed by atoms with Gasteiger partial charge in [0.2, 0.25) is 0 Å². The number of carbonyl (C=O) groups excluding carboxylic acids is 1. The number of benzene rings is 2. The molecule has 3 heteroatoms. The van der Waals surface area contributed by atoms with Gasteiger partial charge in [-0.3, -0.25) is 4.79 Å². The molecule has 0 saturated carbocycles. The number of aryl methyl sites for hydroxylation is 1. The zero-order valence-corrected chi connectivity index (χ0v) is 11.1. The Morgan fingerprint density at radius 3 is 2.37 bits per heavy atom. The summed E-state index contributed by atoms with van der Waals surface area (Å²) in [6.45, 7) is 1.90. The van der Waals surface area contributed by atoms with Crippen molar-refractivity contribution in [3.05, 3.63) is 65.2 Å². The smallest absolute Gasteiger partial charge is 0.258 e. The molecule has 0 saturated heterocycles. The van der Waals surface area contributed by atoms with Crippen LogP contribution in [0.15, 0.2) is 48.5 Å². The quantitative estimate of drug-likeness (QED) is 0.916. The Morgan fingerprint density at radius 2 is 1.74 bits per heavy atom. The normalized spacial score (nSPS) is 10.3. The van der Waals surface area contributed by atoms with Crippen LogP contribution >= 0.6 is 0 Å². The minimum Gasteiger partial charge on any atom is -0.392 e. The molecule has 0 aromatic heterocycles. The highest BCUT2D eigenvalue weighted by atomic mass is 16.3. The molecule has 19 heavy (non-hydrogen) atoms. The molecule has 0 aliphatic carbocycles. The largest absolute Gasteiger partial charge is 0.392 e. The van der Waals surface area contributed by atoms with Gasteiger partial charge in [0.15, 0.2) is 0 Å². The highest BCUT2D eigenvalue weighted by molar-refractivity contribution is 6.06. The fraction of sp³-hybridized carbons (Fsp3) is 0.188. The second-order valence-corrected chi connectivity index (χ2v) is 4.52. The zero-order chi connectivity index (χ0) is 13.8. The standard InChI is InChI=1S/C16H17NO2/c1-12-7-9-13(10-8-12)16(19)17(2)15-6-4-3-5-14(15)11-18/h3-10,18H,11H2,1-2H3. The molecule has 1 N–H and O–H groups in total. The van der Waals surface area contributed by atoms with Gasteiger partial charge in [0.05, 0.1) is 6.61 Å². The van der Waals surface area contributed by atoms with E-state index in [1.54, 1.807) is 11.9 Å². The van der Waals surface area contributed by atoms with Gasteiger partial charge in [0.25, 0.3) is 5.91 Å². The lowest BCUT2D eigenvalue weighted by molar-refractivity contribution is 0.0992. The first-order valence-electron chi connectivity index (χ1n) is 6.17. The van der Waals surface area contributed by atoms with E-state index >= 15 is 0 Å². The molecule has 0 aliphatic heterocycles. The molecule has 0 unspecified atom stereocenters. The van der Waals surface area contributed by atoms with E-state index in [0.717, 1.165) is 16.8 Å². The Bertz CT molecular complexity index is 576. The summed E-state index contributed by atoms with van der Waals surface area (Å²) in [4.78, 5) is 13.9. The van der Waals surface area contributed by atoms with Crippen molar-refractivity contribution in [3.63, 3.8) is 0 Å². The number of aliphatic hydroxyl groups is 1. The van der Waals surface area contributed by atoms with E-state index in [-0.39, 0.29) is 12.5 Å². The molecule has 98 valence electrons. The van der Waals surface area contributed by atoms with Gasteiger partial charge in [-0.2, -0.15) is 0 Å². The maximum Gasteiger partial charge on any atom is 0.258 e. The van der Waals surface area contributed by atoms with Crippen molar-refractivity contribution in [2.45, 2.75) is 13.5 Å². The number of hydrogen-bond donors (Lipinski definition) is 1. The summed E-state index contributed by atoms with van der Waals surface area (Å²) < 4.78 is 0. The summed E-state index contributed by atoms with van der Waals surface area (Å²) in [7, 11) is 1.72.